The molecular formula is C17H18ClN5O3. The summed E-state index contributed by atoms with van der Waals surface area (Å²) >= 11 is 5.92. The molecule has 26 heavy (non-hydrogen) atoms. The van der Waals surface area contributed by atoms with Gasteiger partial charge in [0.1, 0.15) is 6.04 Å². The lowest BCUT2D eigenvalue weighted by Crippen LogP contribution is -2.37. The van der Waals surface area contributed by atoms with E-state index in [1.54, 1.807) is 47.4 Å². The van der Waals surface area contributed by atoms with Gasteiger partial charge in [0.15, 0.2) is 0 Å². The van der Waals surface area contributed by atoms with Crippen LogP contribution in [-0.4, -0.2) is 45.1 Å². The number of carbonyl (C=O) groups is 3. The fourth-order valence-corrected chi connectivity index (χ4v) is 2.90. The SMILES string of the molecule is O=C(C[C@@H]1NC(=O)N(Cc2cccc(Cl)c2)C1=O)NCCn1cccn1. The van der Waals surface area contributed by atoms with Crippen LogP contribution < -0.4 is 10.6 Å². The van der Waals surface area contributed by atoms with Crippen LogP contribution in [0, 0.1) is 0 Å². The molecule has 1 atom stereocenters. The minimum atomic E-state index is -0.855. The van der Waals surface area contributed by atoms with Crippen molar-refractivity contribution in [1.82, 2.24) is 25.3 Å². The molecule has 136 valence electrons. The van der Waals surface area contributed by atoms with E-state index < -0.39 is 18.0 Å². The topological polar surface area (TPSA) is 96.3 Å². The lowest BCUT2D eigenvalue weighted by atomic mass is 10.1. The molecule has 1 aromatic heterocycles. The number of halogens is 1. The van der Waals surface area contributed by atoms with Crippen molar-refractivity contribution in [2.45, 2.75) is 25.6 Å². The minimum Gasteiger partial charge on any atom is -0.354 e. The zero-order valence-corrected chi connectivity index (χ0v) is 14.6. The second-order valence-electron chi connectivity index (χ2n) is 5.88. The molecule has 3 rings (SSSR count). The van der Waals surface area contributed by atoms with Gasteiger partial charge >= 0.3 is 6.03 Å². The number of rotatable bonds is 7. The first kappa shape index (κ1) is 17.9. The number of amides is 4. The molecule has 1 saturated heterocycles. The maximum Gasteiger partial charge on any atom is 0.325 e. The average molecular weight is 376 g/mol. The quantitative estimate of drug-likeness (QED) is 0.710. The fourth-order valence-electron chi connectivity index (χ4n) is 2.68. The Labute approximate surface area is 155 Å². The smallest absolute Gasteiger partial charge is 0.325 e. The molecule has 0 aliphatic carbocycles. The van der Waals surface area contributed by atoms with Gasteiger partial charge in [0, 0.05) is 24.0 Å². The van der Waals surface area contributed by atoms with Crippen LogP contribution >= 0.6 is 11.6 Å². The molecule has 2 N–H and O–H groups in total. The van der Waals surface area contributed by atoms with Crippen LogP contribution in [0.4, 0.5) is 4.79 Å². The summed E-state index contributed by atoms with van der Waals surface area (Å²) < 4.78 is 1.69. The minimum absolute atomic E-state index is 0.101. The van der Waals surface area contributed by atoms with Gasteiger partial charge in [-0.25, -0.2) is 4.79 Å². The highest BCUT2D eigenvalue weighted by Crippen LogP contribution is 2.16. The highest BCUT2D eigenvalue weighted by Gasteiger charge is 2.38. The van der Waals surface area contributed by atoms with Crippen LogP contribution in [-0.2, 0) is 22.7 Å². The Morgan fingerprint density at radius 3 is 2.88 bits per heavy atom. The van der Waals surface area contributed by atoms with Gasteiger partial charge in [-0.1, -0.05) is 23.7 Å². The fraction of sp³-hybridized carbons (Fsp3) is 0.294. The van der Waals surface area contributed by atoms with Crippen molar-refractivity contribution in [3.05, 3.63) is 53.3 Å². The van der Waals surface area contributed by atoms with Crippen LogP contribution in [0.25, 0.3) is 0 Å². The Kier molecular flexibility index (Phi) is 5.52. The Hall–Kier alpha value is -2.87. The molecule has 0 saturated carbocycles. The number of nitrogens with one attached hydrogen (secondary N) is 2. The van der Waals surface area contributed by atoms with Gasteiger partial charge < -0.3 is 10.6 Å². The van der Waals surface area contributed by atoms with Gasteiger partial charge in [0.25, 0.3) is 5.91 Å². The van der Waals surface area contributed by atoms with E-state index in [1.165, 1.54) is 0 Å². The number of benzene rings is 1. The van der Waals surface area contributed by atoms with Crippen molar-refractivity contribution in [2.75, 3.05) is 6.54 Å². The summed E-state index contributed by atoms with van der Waals surface area (Å²) in [6, 6.07) is 7.37. The molecule has 1 aromatic carbocycles. The van der Waals surface area contributed by atoms with Crippen molar-refractivity contribution in [3.8, 4) is 0 Å². The maximum atomic E-state index is 12.4. The van der Waals surface area contributed by atoms with E-state index in [0.29, 0.717) is 18.1 Å². The van der Waals surface area contributed by atoms with Crippen molar-refractivity contribution in [1.29, 1.82) is 0 Å². The number of hydrogen-bond donors (Lipinski definition) is 2. The molecule has 4 amide bonds. The Bertz CT molecular complexity index is 808. The van der Waals surface area contributed by atoms with Crippen molar-refractivity contribution >= 4 is 29.4 Å². The summed E-state index contributed by atoms with van der Waals surface area (Å²) in [5, 5.41) is 9.83. The summed E-state index contributed by atoms with van der Waals surface area (Å²) in [5.74, 6) is -0.724. The van der Waals surface area contributed by atoms with E-state index in [-0.39, 0.29) is 18.9 Å². The second-order valence-corrected chi connectivity index (χ2v) is 6.32. The first-order chi connectivity index (χ1) is 12.5. The highest BCUT2D eigenvalue weighted by atomic mass is 35.5. The molecule has 1 aliphatic heterocycles. The standard InChI is InChI=1S/C17H18ClN5O3/c18-13-4-1-3-12(9-13)11-23-16(25)14(21-17(23)26)10-15(24)19-6-8-22-7-2-5-20-22/h1-5,7,9,14H,6,8,10-11H2,(H,19,24)(H,21,26)/t14-/m0/s1. The van der Waals surface area contributed by atoms with Gasteiger partial charge in [-0.15, -0.1) is 0 Å². The summed E-state index contributed by atoms with van der Waals surface area (Å²) in [6.45, 7) is 1.04. The summed E-state index contributed by atoms with van der Waals surface area (Å²) in [5.41, 5.74) is 0.741. The molecule has 0 radical (unpaired) electrons. The van der Waals surface area contributed by atoms with Crippen LogP contribution in [0.2, 0.25) is 5.02 Å². The average Bonchev–Trinajstić information content (AvgIpc) is 3.19. The lowest BCUT2D eigenvalue weighted by molar-refractivity contribution is -0.131. The normalized spacial score (nSPS) is 16.7. The predicted molar refractivity (Wildman–Crippen MR) is 94.2 cm³/mol. The molecule has 8 nitrogen and oxygen atoms in total. The van der Waals surface area contributed by atoms with Gasteiger partial charge in [0.05, 0.1) is 19.5 Å². The van der Waals surface area contributed by atoms with E-state index in [0.717, 1.165) is 10.5 Å². The number of nitrogens with zero attached hydrogens (tertiary/aromatic N) is 3. The van der Waals surface area contributed by atoms with E-state index in [4.69, 9.17) is 11.6 Å². The molecule has 2 heterocycles. The zero-order valence-electron chi connectivity index (χ0n) is 13.9. The number of carbonyl (C=O) groups excluding carboxylic acids is 3. The predicted octanol–water partition coefficient (Wildman–Crippen LogP) is 1.16. The van der Waals surface area contributed by atoms with E-state index in [2.05, 4.69) is 15.7 Å². The third kappa shape index (κ3) is 4.40. The van der Waals surface area contributed by atoms with Crippen LogP contribution in [0.5, 0.6) is 0 Å². The summed E-state index contributed by atoms with van der Waals surface area (Å²) in [4.78, 5) is 37.6. The third-order valence-corrected chi connectivity index (χ3v) is 4.18. The number of aromatic nitrogens is 2. The van der Waals surface area contributed by atoms with E-state index in [1.807, 2.05) is 0 Å². The summed E-state index contributed by atoms with van der Waals surface area (Å²) in [6.07, 6.45) is 3.35. The molecular weight excluding hydrogens is 358 g/mol. The Balaban J connectivity index is 1.50. The molecule has 0 bridgehead atoms. The lowest BCUT2D eigenvalue weighted by Gasteiger charge is -2.13. The van der Waals surface area contributed by atoms with E-state index >= 15 is 0 Å². The van der Waals surface area contributed by atoms with Crippen LogP contribution in [0.3, 0.4) is 0 Å². The van der Waals surface area contributed by atoms with Crippen LogP contribution in [0.15, 0.2) is 42.7 Å². The Morgan fingerprint density at radius 2 is 2.15 bits per heavy atom. The highest BCUT2D eigenvalue weighted by molar-refractivity contribution is 6.30. The van der Waals surface area contributed by atoms with Crippen molar-refractivity contribution in [3.63, 3.8) is 0 Å². The third-order valence-electron chi connectivity index (χ3n) is 3.95. The van der Waals surface area contributed by atoms with Gasteiger partial charge in [-0.05, 0) is 23.8 Å². The molecule has 0 spiro atoms. The molecule has 2 aromatic rings. The largest absolute Gasteiger partial charge is 0.354 e. The van der Waals surface area contributed by atoms with Gasteiger partial charge in [0.2, 0.25) is 5.91 Å². The van der Waals surface area contributed by atoms with Gasteiger partial charge in [-0.2, -0.15) is 5.10 Å². The number of urea groups is 1. The first-order valence-corrected chi connectivity index (χ1v) is 8.51. The molecule has 9 heteroatoms. The van der Waals surface area contributed by atoms with E-state index in [9.17, 15) is 14.4 Å². The second kappa shape index (κ2) is 8.01. The van der Waals surface area contributed by atoms with Crippen LogP contribution in [0.1, 0.15) is 12.0 Å². The van der Waals surface area contributed by atoms with Crippen molar-refractivity contribution in [2.24, 2.45) is 0 Å². The number of imide groups is 1. The molecule has 0 unspecified atom stereocenters. The molecule has 1 aliphatic rings. The molecule has 1 fully saturated rings. The zero-order chi connectivity index (χ0) is 18.5. The van der Waals surface area contributed by atoms with Crippen molar-refractivity contribution < 1.29 is 14.4 Å². The number of hydrogen-bond acceptors (Lipinski definition) is 4. The monoisotopic (exact) mass is 375 g/mol. The van der Waals surface area contributed by atoms with Gasteiger partial charge in [-0.3, -0.25) is 19.2 Å². The Morgan fingerprint density at radius 1 is 1.31 bits per heavy atom. The summed E-state index contributed by atoms with van der Waals surface area (Å²) in [7, 11) is 0. The first-order valence-electron chi connectivity index (χ1n) is 8.13. The maximum absolute atomic E-state index is 12.4.